The second-order valence-corrected chi connectivity index (χ2v) is 24.7. The number of methoxy groups -OCH3 is 1. The molecule has 1 amide bonds. The number of ether oxygens (including phenoxy) is 1. The van der Waals surface area contributed by atoms with E-state index in [-0.39, 0.29) is 59.9 Å². The smallest absolute Gasteiger partial charge is 0.295 e. The van der Waals surface area contributed by atoms with Crippen molar-refractivity contribution in [2.75, 3.05) is 37.5 Å². The van der Waals surface area contributed by atoms with Crippen LogP contribution in [-0.2, 0) is 71.0 Å². The summed E-state index contributed by atoms with van der Waals surface area (Å²) in [4.78, 5) is 10.6. The van der Waals surface area contributed by atoms with Gasteiger partial charge in [-0.3, -0.25) is 33.0 Å². The molecule has 0 saturated carbocycles. The highest BCUT2D eigenvalue weighted by atomic mass is 32.2. The molecule has 0 spiro atoms. The van der Waals surface area contributed by atoms with Crippen molar-refractivity contribution in [1.29, 1.82) is 0 Å². The van der Waals surface area contributed by atoms with Crippen LogP contribution in [0.2, 0.25) is 0 Å². The maximum absolute atomic E-state index is 12.7. The highest BCUT2D eigenvalue weighted by Gasteiger charge is 2.49. The van der Waals surface area contributed by atoms with Crippen molar-refractivity contribution in [3.05, 3.63) is 95.7 Å². The minimum absolute atomic E-state index is 0.00218. The van der Waals surface area contributed by atoms with E-state index in [2.05, 4.69) is 5.43 Å². The summed E-state index contributed by atoms with van der Waals surface area (Å²) < 4.78 is 182. The summed E-state index contributed by atoms with van der Waals surface area (Å²) in [5, 5.41) is 0.0350. The number of nitrogens with zero attached hydrogens (tertiary/aromatic N) is 2. The molecule has 26 heteroatoms. The number of carbonyl (C=O) groups is 1. The molecule has 0 fully saturated rings. The van der Waals surface area contributed by atoms with Gasteiger partial charge < -0.3 is 9.64 Å². The Balaban J connectivity index is 1.51. The minimum Gasteiger partial charge on any atom is -0.378 e. The number of allylic oxidation sites excluding steroid dienone is 6. The number of nitrogens with one attached hydrogen (secondary N) is 1. The van der Waals surface area contributed by atoms with Crippen LogP contribution in [0, 0.1) is 0 Å². The van der Waals surface area contributed by atoms with Gasteiger partial charge in [0.15, 0.2) is 12.3 Å². The predicted molar refractivity (Wildman–Crippen MR) is 259 cm³/mol. The number of fused-ring (bicyclic) bond motifs is 6. The Hall–Kier alpha value is -4.97. The number of benzene rings is 4. The molecule has 0 aliphatic carbocycles. The Labute approximate surface area is 406 Å². The zero-order valence-electron chi connectivity index (χ0n) is 38.2. The topological polar surface area (TPSA) is 342 Å². The quantitative estimate of drug-likeness (QED) is 0.0116. The SMILES string of the molecule is COCC[N+]1=C(/C=C/C=C/C=C2/N(CCCCCC(=O)NN)c3ccc4c(S(=O)(=O)O)cc(S(=O)(=O)O)cc4c3C2(C)C)C(C)(CCCS(=O)(=O)O)c2c1ccc1c(S(=O)(=O)O)cc(S(=O)(=O)O)cc21. The Bertz CT molecular complexity index is 3510. The molecule has 0 bridgehead atoms. The third-order valence-corrected chi connectivity index (χ3v) is 16.8. The van der Waals surface area contributed by atoms with E-state index in [1.54, 1.807) is 49.4 Å². The Kier molecular flexibility index (Phi) is 15.5. The predicted octanol–water partition coefficient (Wildman–Crippen LogP) is 4.99. The average molecular weight is 1070 g/mol. The standard InChI is InChI=1S/C44H52N4O17S5/c1-43(2)38(47(20-10-6-9-14-40(49)46-45)34-17-15-30-32(41(34)43)24-28(67(53,54)55)26-36(30)69(59,60)61)12-7-5-8-13-39-44(3,19-11-23-66(50,51)52)42-33-25-29(68(56,57)58)27-37(70(62,63)64)31(33)16-18-35(42)48(39)21-22-65-4/h5,7-8,12-13,15-18,24-27H,6,9-11,14,19-23,45H2,1-4H3,(H5-,46,49,50,51,52,53,54,55,56,57,58,59,60,61,62,63,64)/p+1. The first-order valence-electron chi connectivity index (χ1n) is 21.4. The fourth-order valence-electron chi connectivity index (χ4n) is 9.55. The van der Waals surface area contributed by atoms with Crippen LogP contribution in [0.25, 0.3) is 21.5 Å². The lowest BCUT2D eigenvalue weighted by Crippen LogP contribution is -2.32. The summed E-state index contributed by atoms with van der Waals surface area (Å²) in [5.74, 6) is 4.23. The van der Waals surface area contributed by atoms with E-state index in [0.717, 1.165) is 12.1 Å². The molecule has 0 saturated heterocycles. The van der Waals surface area contributed by atoms with Gasteiger partial charge in [0, 0.05) is 65.4 Å². The third-order valence-electron chi connectivity index (χ3n) is 12.6. The number of hydrogen-bond donors (Lipinski definition) is 7. The molecule has 8 N–H and O–H groups in total. The summed E-state index contributed by atoms with van der Waals surface area (Å²) in [7, 11) is -23.1. The number of nitrogens with two attached hydrogens (primary N) is 1. The van der Waals surface area contributed by atoms with E-state index in [1.807, 2.05) is 23.3 Å². The molecule has 70 heavy (non-hydrogen) atoms. The van der Waals surface area contributed by atoms with E-state index in [4.69, 9.17) is 10.6 Å². The summed E-state index contributed by atoms with van der Waals surface area (Å²) in [6, 6.07) is 9.49. The van der Waals surface area contributed by atoms with Crippen LogP contribution < -0.4 is 16.2 Å². The molecule has 2 aliphatic rings. The van der Waals surface area contributed by atoms with Gasteiger partial charge in [0.05, 0.1) is 21.0 Å². The van der Waals surface area contributed by atoms with Crippen molar-refractivity contribution < 1.29 is 79.0 Å². The van der Waals surface area contributed by atoms with Gasteiger partial charge >= 0.3 is 0 Å². The number of hydrazine groups is 1. The van der Waals surface area contributed by atoms with Gasteiger partial charge in [0.1, 0.15) is 16.4 Å². The summed E-state index contributed by atoms with van der Waals surface area (Å²) in [6.45, 7) is 6.03. The highest BCUT2D eigenvalue weighted by molar-refractivity contribution is 7.87. The van der Waals surface area contributed by atoms with E-state index in [0.29, 0.717) is 71.9 Å². The molecule has 1 unspecified atom stereocenters. The van der Waals surface area contributed by atoms with Crippen LogP contribution in [0.5, 0.6) is 0 Å². The maximum Gasteiger partial charge on any atom is 0.295 e. The number of unbranched alkanes of at least 4 members (excludes halogenated alkanes) is 2. The number of amides is 1. The average Bonchev–Trinajstić information content (AvgIpc) is 3.61. The molecule has 6 rings (SSSR count). The highest BCUT2D eigenvalue weighted by Crippen LogP contribution is 2.52. The van der Waals surface area contributed by atoms with Crippen LogP contribution in [0.15, 0.2) is 104 Å². The molecule has 380 valence electrons. The molecule has 2 aliphatic heterocycles. The zero-order chi connectivity index (χ0) is 52.0. The lowest BCUT2D eigenvalue weighted by atomic mass is 9.74. The lowest BCUT2D eigenvalue weighted by Gasteiger charge is -2.27. The second-order valence-electron chi connectivity index (χ2n) is 17.6. The third kappa shape index (κ3) is 11.2. The van der Waals surface area contributed by atoms with Crippen molar-refractivity contribution in [2.45, 2.75) is 89.7 Å². The van der Waals surface area contributed by atoms with Gasteiger partial charge in [-0.15, -0.1) is 0 Å². The van der Waals surface area contributed by atoms with E-state index in [9.17, 15) is 69.6 Å². The van der Waals surface area contributed by atoms with Gasteiger partial charge in [0.25, 0.3) is 50.6 Å². The Morgan fingerprint density at radius 1 is 0.714 bits per heavy atom. The van der Waals surface area contributed by atoms with Crippen molar-refractivity contribution >= 4 is 95.1 Å². The molecule has 4 aromatic rings. The number of anilines is 1. The van der Waals surface area contributed by atoms with E-state index >= 15 is 0 Å². The molecule has 1 atom stereocenters. The van der Waals surface area contributed by atoms with Crippen molar-refractivity contribution in [1.82, 2.24) is 5.43 Å². The lowest BCUT2D eigenvalue weighted by molar-refractivity contribution is -0.441. The van der Waals surface area contributed by atoms with Gasteiger partial charge in [-0.05, 0) is 91.4 Å². The monoisotopic (exact) mass is 1070 g/mol. The number of rotatable bonds is 20. The molecule has 0 radical (unpaired) electrons. The first kappa shape index (κ1) is 54.4. The zero-order valence-corrected chi connectivity index (χ0v) is 42.3. The second kappa shape index (κ2) is 19.9. The Morgan fingerprint density at radius 2 is 1.29 bits per heavy atom. The number of hydrogen-bond acceptors (Lipinski definition) is 14. The molecule has 0 aromatic heterocycles. The summed E-state index contributed by atoms with van der Waals surface area (Å²) in [6.07, 6.45) is 10.2. The van der Waals surface area contributed by atoms with E-state index < -0.39 is 86.8 Å². The van der Waals surface area contributed by atoms with Crippen LogP contribution in [0.1, 0.15) is 70.4 Å². The molecule has 4 aromatic carbocycles. The summed E-state index contributed by atoms with van der Waals surface area (Å²) >= 11 is 0. The molecular formula is C44H53N4O17S5+. The van der Waals surface area contributed by atoms with Crippen molar-refractivity contribution in [3.63, 3.8) is 0 Å². The number of carbonyl (C=O) groups excluding carboxylic acids is 1. The fourth-order valence-corrected chi connectivity index (χ4v) is 12.7. The molecule has 21 nitrogen and oxygen atoms in total. The van der Waals surface area contributed by atoms with Crippen LogP contribution in [0.3, 0.4) is 0 Å². The van der Waals surface area contributed by atoms with Crippen LogP contribution >= 0.6 is 0 Å². The van der Waals surface area contributed by atoms with E-state index in [1.165, 1.54) is 19.2 Å². The maximum atomic E-state index is 12.7. The van der Waals surface area contributed by atoms with Crippen LogP contribution in [-0.4, -0.2) is 114 Å². The van der Waals surface area contributed by atoms with Gasteiger partial charge in [-0.2, -0.15) is 46.7 Å². The van der Waals surface area contributed by atoms with Gasteiger partial charge in [-0.25, -0.2) is 5.84 Å². The Morgan fingerprint density at radius 3 is 1.81 bits per heavy atom. The largest absolute Gasteiger partial charge is 0.378 e. The first-order valence-corrected chi connectivity index (χ1v) is 28.8. The molecule has 2 heterocycles. The fraction of sp³-hybridized carbons (Fsp3) is 0.364. The van der Waals surface area contributed by atoms with Crippen LogP contribution in [0.4, 0.5) is 11.4 Å². The van der Waals surface area contributed by atoms with Crippen molar-refractivity contribution in [2.24, 2.45) is 5.84 Å². The first-order chi connectivity index (χ1) is 32.4. The van der Waals surface area contributed by atoms with Gasteiger partial charge in [0.2, 0.25) is 11.6 Å². The normalized spacial score (nSPS) is 18.3. The molecular weight excluding hydrogens is 1020 g/mol. The summed E-state index contributed by atoms with van der Waals surface area (Å²) in [5.41, 5.74) is 2.76. The minimum atomic E-state index is -5.09. The van der Waals surface area contributed by atoms with Crippen molar-refractivity contribution in [3.8, 4) is 0 Å². The van der Waals surface area contributed by atoms with Gasteiger partial charge in [-0.1, -0.05) is 44.6 Å².